The highest BCUT2D eigenvalue weighted by Gasteiger charge is 2.24. The maximum absolute atomic E-state index is 12.9. The van der Waals surface area contributed by atoms with Crippen molar-refractivity contribution in [2.24, 2.45) is 13.0 Å². The second-order valence-electron chi connectivity index (χ2n) is 9.89. The lowest BCUT2D eigenvalue weighted by atomic mass is 9.84. The highest BCUT2D eigenvalue weighted by atomic mass is 16.5. The summed E-state index contributed by atoms with van der Waals surface area (Å²) in [4.78, 5) is 15.5. The Kier molecular flexibility index (Phi) is 8.38. The number of nitrogens with one attached hydrogen (secondary N) is 2. The molecular weight excluding hydrogens is 426 g/mol. The number of hydrogen-bond donors (Lipinski definition) is 2. The van der Waals surface area contributed by atoms with Crippen molar-refractivity contribution in [3.8, 4) is 0 Å². The second kappa shape index (κ2) is 11.6. The van der Waals surface area contributed by atoms with E-state index in [0.717, 1.165) is 67.6 Å². The molecule has 1 aromatic heterocycles. The lowest BCUT2D eigenvalue weighted by Crippen LogP contribution is -2.38. The van der Waals surface area contributed by atoms with Crippen LogP contribution in [0.15, 0.2) is 36.0 Å². The zero-order valence-corrected chi connectivity index (χ0v) is 20.7. The number of aromatic nitrogens is 2. The maximum atomic E-state index is 12.9. The van der Waals surface area contributed by atoms with Crippen LogP contribution in [0.2, 0.25) is 0 Å². The zero-order valence-electron chi connectivity index (χ0n) is 20.7. The van der Waals surface area contributed by atoms with Crippen LogP contribution in [0, 0.1) is 11.3 Å². The van der Waals surface area contributed by atoms with Crippen molar-refractivity contribution in [1.82, 2.24) is 20.0 Å². The SMILES string of the molecule is COC(=N)CCC1=CCCN(CCC2CCC(NC(=O)c3cccc4nn(C)cc34)CC2)CC1. The van der Waals surface area contributed by atoms with E-state index in [-0.39, 0.29) is 11.9 Å². The number of hydrogen-bond acceptors (Lipinski definition) is 5. The number of ether oxygens (including phenoxy) is 1. The van der Waals surface area contributed by atoms with Gasteiger partial charge in [-0.05, 0) is 76.0 Å². The van der Waals surface area contributed by atoms with Crippen molar-refractivity contribution in [3.63, 3.8) is 0 Å². The zero-order chi connectivity index (χ0) is 23.9. The smallest absolute Gasteiger partial charge is 0.252 e. The molecule has 2 heterocycles. The van der Waals surface area contributed by atoms with Gasteiger partial charge in [-0.1, -0.05) is 17.7 Å². The number of carbonyl (C=O) groups is 1. The average molecular weight is 466 g/mol. The summed E-state index contributed by atoms with van der Waals surface area (Å²) in [6.45, 7) is 3.42. The molecule has 7 nitrogen and oxygen atoms in total. The van der Waals surface area contributed by atoms with Crippen LogP contribution in [0.4, 0.5) is 0 Å². The number of nitrogens with zero attached hydrogens (tertiary/aromatic N) is 3. The standard InChI is InChI=1S/C27H39N5O2/c1-31-19-24-23(6-3-7-25(24)30-31)27(33)29-22-11-8-21(9-12-22)15-18-32-16-4-5-20(14-17-32)10-13-26(28)34-2/h3,5-7,19,21-22,28H,4,8-18H2,1-2H3,(H,29,33). The Bertz CT molecular complexity index is 1020. The van der Waals surface area contributed by atoms with E-state index >= 15 is 0 Å². The first kappa shape index (κ1) is 24.5. The van der Waals surface area contributed by atoms with Gasteiger partial charge < -0.3 is 15.0 Å². The molecule has 34 heavy (non-hydrogen) atoms. The van der Waals surface area contributed by atoms with Crippen molar-refractivity contribution < 1.29 is 9.53 Å². The van der Waals surface area contributed by atoms with E-state index in [1.807, 2.05) is 31.4 Å². The Morgan fingerprint density at radius 1 is 1.24 bits per heavy atom. The fourth-order valence-corrected chi connectivity index (χ4v) is 5.38. The van der Waals surface area contributed by atoms with Crippen molar-refractivity contribution in [1.29, 1.82) is 5.41 Å². The molecule has 0 radical (unpaired) electrons. The molecule has 2 aromatic rings. The summed E-state index contributed by atoms with van der Waals surface area (Å²) >= 11 is 0. The molecule has 7 heteroatoms. The summed E-state index contributed by atoms with van der Waals surface area (Å²) in [5.41, 5.74) is 3.06. The Balaban J connectivity index is 1.17. The summed E-state index contributed by atoms with van der Waals surface area (Å²) in [5.74, 6) is 1.16. The lowest BCUT2D eigenvalue weighted by molar-refractivity contribution is 0.0921. The van der Waals surface area contributed by atoms with E-state index in [9.17, 15) is 4.79 Å². The summed E-state index contributed by atoms with van der Waals surface area (Å²) in [7, 11) is 3.47. The Labute approximate surface area is 203 Å². The Morgan fingerprint density at radius 2 is 2.06 bits per heavy atom. The summed E-state index contributed by atoms with van der Waals surface area (Å²) in [5, 5.41) is 16.3. The van der Waals surface area contributed by atoms with Gasteiger partial charge in [0.1, 0.15) is 0 Å². The van der Waals surface area contributed by atoms with Crippen LogP contribution < -0.4 is 5.32 Å². The summed E-state index contributed by atoms with van der Waals surface area (Å²) in [6.07, 6.45) is 13.9. The molecule has 184 valence electrons. The van der Waals surface area contributed by atoms with Crippen LogP contribution in [0.1, 0.15) is 68.1 Å². The molecule has 2 aliphatic rings. The van der Waals surface area contributed by atoms with Gasteiger partial charge in [-0.3, -0.25) is 14.9 Å². The Hall–Kier alpha value is -2.67. The van der Waals surface area contributed by atoms with Crippen LogP contribution in [-0.2, 0) is 11.8 Å². The molecule has 1 amide bonds. The van der Waals surface area contributed by atoms with Gasteiger partial charge in [0.2, 0.25) is 0 Å². The first-order valence-electron chi connectivity index (χ1n) is 12.8. The van der Waals surface area contributed by atoms with Gasteiger partial charge in [0.05, 0.1) is 18.2 Å². The van der Waals surface area contributed by atoms with Crippen molar-refractivity contribution in [2.75, 3.05) is 26.7 Å². The van der Waals surface area contributed by atoms with Gasteiger partial charge in [0.15, 0.2) is 5.90 Å². The number of carbonyl (C=O) groups excluding carboxylic acids is 1. The number of methoxy groups -OCH3 is 1. The third-order valence-corrected chi connectivity index (χ3v) is 7.49. The molecule has 1 fully saturated rings. The minimum Gasteiger partial charge on any atom is -0.484 e. The number of amides is 1. The minimum absolute atomic E-state index is 0.0237. The fraction of sp³-hybridized carbons (Fsp3) is 0.593. The van der Waals surface area contributed by atoms with E-state index in [0.29, 0.717) is 12.3 Å². The molecule has 0 atom stereocenters. The number of aryl methyl sites for hydroxylation is 1. The number of rotatable bonds is 8. The highest BCUT2D eigenvalue weighted by Crippen LogP contribution is 2.28. The van der Waals surface area contributed by atoms with E-state index < -0.39 is 0 Å². The van der Waals surface area contributed by atoms with Crippen LogP contribution in [0.25, 0.3) is 10.9 Å². The van der Waals surface area contributed by atoms with Gasteiger partial charge >= 0.3 is 0 Å². The maximum Gasteiger partial charge on any atom is 0.252 e. The highest BCUT2D eigenvalue weighted by molar-refractivity contribution is 6.06. The molecule has 0 saturated heterocycles. The molecule has 4 rings (SSSR count). The van der Waals surface area contributed by atoms with E-state index in [1.165, 1.54) is 31.4 Å². The molecular formula is C27H39N5O2. The van der Waals surface area contributed by atoms with Crippen LogP contribution in [0.3, 0.4) is 0 Å². The first-order chi connectivity index (χ1) is 16.5. The molecule has 0 spiro atoms. The van der Waals surface area contributed by atoms with Gasteiger partial charge in [-0.15, -0.1) is 0 Å². The number of fused-ring (bicyclic) bond motifs is 1. The molecule has 2 N–H and O–H groups in total. The normalized spacial score (nSPS) is 21.6. The molecule has 1 aromatic carbocycles. The third kappa shape index (κ3) is 6.47. The quantitative estimate of drug-likeness (QED) is 0.337. The fourth-order valence-electron chi connectivity index (χ4n) is 5.38. The Morgan fingerprint density at radius 3 is 2.85 bits per heavy atom. The third-order valence-electron chi connectivity index (χ3n) is 7.49. The predicted molar refractivity (Wildman–Crippen MR) is 136 cm³/mol. The van der Waals surface area contributed by atoms with Gasteiger partial charge in [-0.25, -0.2) is 0 Å². The van der Waals surface area contributed by atoms with Crippen LogP contribution in [-0.4, -0.2) is 59.3 Å². The van der Waals surface area contributed by atoms with Gasteiger partial charge in [0.25, 0.3) is 5.91 Å². The van der Waals surface area contributed by atoms with E-state index in [2.05, 4.69) is 21.4 Å². The van der Waals surface area contributed by atoms with Crippen molar-refractivity contribution in [3.05, 3.63) is 41.6 Å². The van der Waals surface area contributed by atoms with Crippen LogP contribution >= 0.6 is 0 Å². The molecule has 0 bridgehead atoms. The summed E-state index contributed by atoms with van der Waals surface area (Å²) < 4.78 is 6.75. The molecule has 1 aliphatic carbocycles. The van der Waals surface area contributed by atoms with Crippen molar-refractivity contribution in [2.45, 2.75) is 63.8 Å². The van der Waals surface area contributed by atoms with E-state index in [1.54, 1.807) is 11.8 Å². The van der Waals surface area contributed by atoms with Crippen LogP contribution in [0.5, 0.6) is 0 Å². The molecule has 1 aliphatic heterocycles. The summed E-state index contributed by atoms with van der Waals surface area (Å²) in [6, 6.07) is 6.03. The first-order valence-corrected chi connectivity index (χ1v) is 12.8. The second-order valence-corrected chi connectivity index (χ2v) is 9.89. The van der Waals surface area contributed by atoms with Crippen molar-refractivity contribution >= 4 is 22.7 Å². The monoisotopic (exact) mass is 465 g/mol. The molecule has 1 saturated carbocycles. The average Bonchev–Trinajstić information content (AvgIpc) is 3.08. The number of benzene rings is 1. The predicted octanol–water partition coefficient (Wildman–Crippen LogP) is 4.68. The largest absolute Gasteiger partial charge is 0.484 e. The van der Waals surface area contributed by atoms with E-state index in [4.69, 9.17) is 10.1 Å². The minimum atomic E-state index is 0.0237. The van der Waals surface area contributed by atoms with Gasteiger partial charge in [-0.2, -0.15) is 5.10 Å². The lowest BCUT2D eigenvalue weighted by Gasteiger charge is -2.31. The van der Waals surface area contributed by atoms with Gasteiger partial charge in [0, 0.05) is 44.2 Å². The topological polar surface area (TPSA) is 83.2 Å². The molecule has 0 unspecified atom stereocenters.